The van der Waals surface area contributed by atoms with Crippen LogP contribution in [0.2, 0.25) is 0 Å². The number of benzene rings is 1. The Morgan fingerprint density at radius 2 is 2.10 bits per heavy atom. The van der Waals surface area contributed by atoms with Gasteiger partial charge in [-0.15, -0.1) is 0 Å². The van der Waals surface area contributed by atoms with Crippen LogP contribution in [0, 0.1) is 10.5 Å². The van der Waals surface area contributed by atoms with Crippen molar-refractivity contribution in [1.82, 2.24) is 10.3 Å². The van der Waals surface area contributed by atoms with Crippen LogP contribution in [0.15, 0.2) is 36.5 Å². The third kappa shape index (κ3) is 3.74. The van der Waals surface area contributed by atoms with Crippen molar-refractivity contribution in [3.05, 3.63) is 56.9 Å². The number of pyridine rings is 1. The lowest BCUT2D eigenvalue weighted by Gasteiger charge is -2.22. The number of methoxy groups -OCH3 is 1. The van der Waals surface area contributed by atoms with E-state index in [0.717, 1.165) is 24.4 Å². The van der Waals surface area contributed by atoms with Gasteiger partial charge in [-0.1, -0.05) is 25.1 Å². The molecule has 2 aromatic rings. The summed E-state index contributed by atoms with van der Waals surface area (Å²) in [5, 5.41) is 3.60. The molecule has 1 N–H and O–H groups in total. The smallest absolute Gasteiger partial charge is 0.142 e. The highest BCUT2D eigenvalue weighted by Gasteiger charge is 2.21. The monoisotopic (exact) mass is 396 g/mol. The fraction of sp³-hybridized carbons (Fsp3) is 0.353. The Morgan fingerprint density at radius 3 is 2.81 bits per heavy atom. The van der Waals surface area contributed by atoms with E-state index in [-0.39, 0.29) is 6.04 Å². The number of ether oxygens (including phenoxy) is 1. The first-order chi connectivity index (χ1) is 10.2. The maximum atomic E-state index is 5.49. The number of aromatic nitrogens is 1. The molecule has 0 aliphatic rings. The predicted molar refractivity (Wildman–Crippen MR) is 94.8 cm³/mol. The van der Waals surface area contributed by atoms with Crippen molar-refractivity contribution in [1.29, 1.82) is 0 Å². The third-order valence-electron chi connectivity index (χ3n) is 3.42. The Morgan fingerprint density at radius 1 is 1.29 bits per heavy atom. The Labute approximate surface area is 140 Å². The van der Waals surface area contributed by atoms with E-state index >= 15 is 0 Å². The van der Waals surface area contributed by atoms with Gasteiger partial charge in [-0.3, -0.25) is 4.98 Å². The first-order valence-electron chi connectivity index (χ1n) is 7.16. The summed E-state index contributed by atoms with van der Waals surface area (Å²) in [7, 11) is 1.69. The van der Waals surface area contributed by atoms with Gasteiger partial charge in [0.2, 0.25) is 0 Å². The zero-order valence-corrected chi connectivity index (χ0v) is 14.8. The average Bonchev–Trinajstić information content (AvgIpc) is 2.52. The fourth-order valence-electron chi connectivity index (χ4n) is 2.33. The minimum atomic E-state index is 0.0490. The van der Waals surface area contributed by atoms with Crippen LogP contribution < -0.4 is 10.1 Å². The van der Waals surface area contributed by atoms with Gasteiger partial charge in [-0.25, -0.2) is 0 Å². The summed E-state index contributed by atoms with van der Waals surface area (Å²) in [4.78, 5) is 4.56. The second kappa shape index (κ2) is 7.75. The minimum absolute atomic E-state index is 0.0490. The summed E-state index contributed by atoms with van der Waals surface area (Å²) in [5.74, 6) is 0.823. The van der Waals surface area contributed by atoms with Gasteiger partial charge in [-0.2, -0.15) is 0 Å². The number of nitrogens with zero attached hydrogens (tertiary/aromatic N) is 1. The van der Waals surface area contributed by atoms with Crippen LogP contribution in [0.5, 0.6) is 5.75 Å². The van der Waals surface area contributed by atoms with Crippen molar-refractivity contribution < 1.29 is 4.74 Å². The Bertz CT molecular complexity index is 601. The van der Waals surface area contributed by atoms with E-state index in [0.29, 0.717) is 0 Å². The number of halogens is 1. The van der Waals surface area contributed by atoms with Crippen molar-refractivity contribution >= 4 is 22.6 Å². The van der Waals surface area contributed by atoms with Gasteiger partial charge in [-0.05, 0) is 65.7 Å². The molecule has 1 heterocycles. The van der Waals surface area contributed by atoms with Crippen molar-refractivity contribution in [2.24, 2.45) is 0 Å². The molecule has 4 heteroatoms. The number of hydrogen-bond donors (Lipinski definition) is 1. The summed E-state index contributed by atoms with van der Waals surface area (Å²) >= 11 is 2.41. The summed E-state index contributed by atoms with van der Waals surface area (Å²) < 4.78 is 6.77. The lowest BCUT2D eigenvalue weighted by atomic mass is 10.00. The molecule has 1 aromatic carbocycles. The maximum Gasteiger partial charge on any atom is 0.142 e. The second-order valence-electron chi connectivity index (χ2n) is 4.96. The molecule has 21 heavy (non-hydrogen) atoms. The van der Waals surface area contributed by atoms with E-state index in [4.69, 9.17) is 4.74 Å². The molecule has 3 nitrogen and oxygen atoms in total. The molecule has 0 radical (unpaired) electrons. The normalized spacial score (nSPS) is 12.2. The molecule has 0 fully saturated rings. The van der Waals surface area contributed by atoms with E-state index in [1.165, 1.54) is 14.7 Å². The summed E-state index contributed by atoms with van der Waals surface area (Å²) in [6.45, 7) is 5.24. The van der Waals surface area contributed by atoms with Gasteiger partial charge < -0.3 is 10.1 Å². The standard InChI is InChI=1S/C17H21IN2O/c1-4-10-19-16(13-8-5-7-12(2)15(13)18)17-14(21-3)9-6-11-20-17/h5-9,11,16,19H,4,10H2,1-3H3. The van der Waals surface area contributed by atoms with Gasteiger partial charge in [0.1, 0.15) is 11.4 Å². The van der Waals surface area contributed by atoms with Gasteiger partial charge in [0.25, 0.3) is 0 Å². The topological polar surface area (TPSA) is 34.2 Å². The molecule has 1 aromatic heterocycles. The highest BCUT2D eigenvalue weighted by atomic mass is 127. The summed E-state index contributed by atoms with van der Waals surface area (Å²) in [5.41, 5.74) is 3.48. The summed E-state index contributed by atoms with van der Waals surface area (Å²) in [6.07, 6.45) is 2.90. The van der Waals surface area contributed by atoms with Gasteiger partial charge in [0, 0.05) is 9.77 Å². The fourth-order valence-corrected chi connectivity index (χ4v) is 3.00. The van der Waals surface area contributed by atoms with Crippen molar-refractivity contribution in [3.63, 3.8) is 0 Å². The molecule has 1 unspecified atom stereocenters. The van der Waals surface area contributed by atoms with E-state index < -0.39 is 0 Å². The van der Waals surface area contributed by atoms with E-state index in [2.05, 4.69) is 64.9 Å². The third-order valence-corrected chi connectivity index (χ3v) is 4.90. The largest absolute Gasteiger partial charge is 0.495 e. The minimum Gasteiger partial charge on any atom is -0.495 e. The van der Waals surface area contributed by atoms with Crippen LogP contribution in [0.25, 0.3) is 0 Å². The number of nitrogens with one attached hydrogen (secondary N) is 1. The number of hydrogen-bond acceptors (Lipinski definition) is 3. The van der Waals surface area contributed by atoms with Gasteiger partial charge in [0.05, 0.1) is 13.2 Å². The number of rotatable bonds is 6. The molecule has 2 rings (SSSR count). The Balaban J connectivity index is 2.50. The van der Waals surface area contributed by atoms with Crippen LogP contribution in [0.3, 0.4) is 0 Å². The van der Waals surface area contributed by atoms with Crippen LogP contribution in [-0.4, -0.2) is 18.6 Å². The van der Waals surface area contributed by atoms with E-state index in [1.54, 1.807) is 7.11 Å². The number of aryl methyl sites for hydroxylation is 1. The maximum absolute atomic E-state index is 5.49. The highest BCUT2D eigenvalue weighted by molar-refractivity contribution is 14.1. The average molecular weight is 396 g/mol. The summed E-state index contributed by atoms with van der Waals surface area (Å²) in [6, 6.07) is 10.3. The lowest BCUT2D eigenvalue weighted by Crippen LogP contribution is -2.25. The van der Waals surface area contributed by atoms with Crippen LogP contribution in [-0.2, 0) is 0 Å². The van der Waals surface area contributed by atoms with Gasteiger partial charge >= 0.3 is 0 Å². The molecule has 112 valence electrons. The van der Waals surface area contributed by atoms with Crippen molar-refractivity contribution in [2.75, 3.05) is 13.7 Å². The molecule has 0 amide bonds. The molecule has 0 aliphatic heterocycles. The molecule has 0 saturated carbocycles. The molecule has 0 saturated heterocycles. The Hall–Kier alpha value is -1.14. The molecule has 0 aliphatic carbocycles. The molecular weight excluding hydrogens is 375 g/mol. The second-order valence-corrected chi connectivity index (χ2v) is 6.03. The molecule has 0 bridgehead atoms. The highest BCUT2D eigenvalue weighted by Crippen LogP contribution is 2.31. The molecule has 0 spiro atoms. The first-order valence-corrected chi connectivity index (χ1v) is 8.24. The van der Waals surface area contributed by atoms with Crippen molar-refractivity contribution in [3.8, 4) is 5.75 Å². The van der Waals surface area contributed by atoms with Crippen LogP contribution >= 0.6 is 22.6 Å². The van der Waals surface area contributed by atoms with Crippen LogP contribution in [0.1, 0.15) is 36.2 Å². The van der Waals surface area contributed by atoms with Crippen LogP contribution in [0.4, 0.5) is 0 Å². The van der Waals surface area contributed by atoms with E-state index in [9.17, 15) is 0 Å². The molecule has 1 atom stereocenters. The SMILES string of the molecule is CCCNC(c1cccc(C)c1I)c1ncccc1OC. The van der Waals surface area contributed by atoms with Gasteiger partial charge in [0.15, 0.2) is 0 Å². The quantitative estimate of drug-likeness (QED) is 0.747. The predicted octanol–water partition coefficient (Wildman–Crippen LogP) is 4.09. The zero-order chi connectivity index (χ0) is 15.2. The first kappa shape index (κ1) is 16.2. The van der Waals surface area contributed by atoms with Crippen molar-refractivity contribution in [2.45, 2.75) is 26.3 Å². The lowest BCUT2D eigenvalue weighted by molar-refractivity contribution is 0.399. The zero-order valence-electron chi connectivity index (χ0n) is 12.7. The van der Waals surface area contributed by atoms with E-state index in [1.807, 2.05) is 18.3 Å². The molecular formula is C17H21IN2O. The Kier molecular flexibility index (Phi) is 5.99.